The zero-order chi connectivity index (χ0) is 24.0. The zero-order valence-corrected chi connectivity index (χ0v) is 19.1. The van der Waals surface area contributed by atoms with Crippen LogP contribution in [0, 0.1) is 24.0 Å². The Kier molecular flexibility index (Phi) is 7.57. The van der Waals surface area contributed by atoms with E-state index < -0.39 is 22.7 Å². The largest absolute Gasteiger partial charge is 0.484 e. The molecule has 0 radical (unpaired) electrons. The number of esters is 1. The lowest BCUT2D eigenvalue weighted by molar-refractivity contribution is -0.402. The van der Waals surface area contributed by atoms with Gasteiger partial charge in [-0.15, -0.1) is 0 Å². The quantitative estimate of drug-likeness (QED) is 0.155. The average molecular weight is 516 g/mol. The van der Waals surface area contributed by atoms with E-state index in [0.717, 1.165) is 23.3 Å². The third kappa shape index (κ3) is 6.50. The standard InChI is InChI=1S/C22H18BrN3O7/c1-13-3-5-17(9-14(13)2)31-12-20(27)25-24-11-15-10-16(23)4-6-18(15)33-22(28)19-7-8-21(32-19)26(29)30/h3-11H,12H2,1-2H3,(H,25,27). The smallest absolute Gasteiger partial charge is 0.433 e. The van der Waals surface area contributed by atoms with E-state index in [1.165, 1.54) is 12.3 Å². The van der Waals surface area contributed by atoms with Gasteiger partial charge in [-0.2, -0.15) is 5.10 Å². The highest BCUT2D eigenvalue weighted by Crippen LogP contribution is 2.24. The van der Waals surface area contributed by atoms with Crippen molar-refractivity contribution < 1.29 is 28.4 Å². The van der Waals surface area contributed by atoms with E-state index >= 15 is 0 Å². The van der Waals surface area contributed by atoms with Crippen molar-refractivity contribution in [1.29, 1.82) is 0 Å². The highest BCUT2D eigenvalue weighted by molar-refractivity contribution is 9.10. The van der Waals surface area contributed by atoms with Gasteiger partial charge in [-0.1, -0.05) is 22.0 Å². The Hall–Kier alpha value is -3.99. The predicted octanol–water partition coefficient (Wildman–Crippen LogP) is 4.32. The van der Waals surface area contributed by atoms with E-state index in [1.54, 1.807) is 18.2 Å². The molecule has 0 fully saturated rings. The Labute approximate surface area is 196 Å². The van der Waals surface area contributed by atoms with Gasteiger partial charge in [0.1, 0.15) is 16.4 Å². The molecule has 0 saturated heterocycles. The third-order valence-corrected chi connectivity index (χ3v) is 4.88. The van der Waals surface area contributed by atoms with Crippen molar-refractivity contribution in [2.45, 2.75) is 13.8 Å². The van der Waals surface area contributed by atoms with Gasteiger partial charge in [0.15, 0.2) is 6.61 Å². The summed E-state index contributed by atoms with van der Waals surface area (Å²) >= 11 is 3.31. The van der Waals surface area contributed by atoms with E-state index in [-0.39, 0.29) is 18.1 Å². The van der Waals surface area contributed by atoms with Gasteiger partial charge in [0, 0.05) is 10.0 Å². The minimum Gasteiger partial charge on any atom is -0.484 e. The number of nitrogens with one attached hydrogen (secondary N) is 1. The van der Waals surface area contributed by atoms with Gasteiger partial charge in [0.05, 0.1) is 12.3 Å². The van der Waals surface area contributed by atoms with Crippen LogP contribution in [0.25, 0.3) is 0 Å². The Balaban J connectivity index is 1.62. The molecule has 1 N–H and O–H groups in total. The fourth-order valence-electron chi connectivity index (χ4n) is 2.56. The first-order valence-electron chi connectivity index (χ1n) is 9.51. The molecule has 0 atom stereocenters. The summed E-state index contributed by atoms with van der Waals surface area (Å²) in [5.41, 5.74) is 4.85. The van der Waals surface area contributed by atoms with Gasteiger partial charge in [-0.05, 0) is 61.4 Å². The van der Waals surface area contributed by atoms with Gasteiger partial charge in [0.25, 0.3) is 5.91 Å². The number of hydrogen-bond acceptors (Lipinski definition) is 8. The lowest BCUT2D eigenvalue weighted by Crippen LogP contribution is -2.24. The van der Waals surface area contributed by atoms with Crippen molar-refractivity contribution in [1.82, 2.24) is 5.43 Å². The summed E-state index contributed by atoms with van der Waals surface area (Å²) in [7, 11) is 0. The molecule has 3 aromatic rings. The zero-order valence-electron chi connectivity index (χ0n) is 17.5. The van der Waals surface area contributed by atoms with E-state index in [9.17, 15) is 19.7 Å². The molecule has 11 heteroatoms. The molecule has 0 bridgehead atoms. The second-order valence-electron chi connectivity index (χ2n) is 6.79. The monoisotopic (exact) mass is 515 g/mol. The minimum absolute atomic E-state index is 0.103. The molecule has 0 aliphatic heterocycles. The van der Waals surface area contributed by atoms with Crippen LogP contribution in [0.4, 0.5) is 5.88 Å². The van der Waals surface area contributed by atoms with Crippen molar-refractivity contribution in [3.63, 3.8) is 0 Å². The van der Waals surface area contributed by atoms with Gasteiger partial charge in [-0.25, -0.2) is 10.2 Å². The first kappa shape index (κ1) is 23.7. The summed E-state index contributed by atoms with van der Waals surface area (Å²) in [5.74, 6) is -1.65. The number of rotatable bonds is 8. The van der Waals surface area contributed by atoms with Crippen LogP contribution in [-0.2, 0) is 4.79 Å². The van der Waals surface area contributed by atoms with Gasteiger partial charge in [-0.3, -0.25) is 14.9 Å². The number of nitro groups is 1. The van der Waals surface area contributed by atoms with E-state index in [0.29, 0.717) is 15.8 Å². The van der Waals surface area contributed by atoms with Crippen LogP contribution in [0.1, 0.15) is 27.2 Å². The summed E-state index contributed by atoms with van der Waals surface area (Å²) in [6.07, 6.45) is 1.28. The maximum atomic E-state index is 12.3. The van der Waals surface area contributed by atoms with Gasteiger partial charge < -0.3 is 13.9 Å². The molecule has 0 unspecified atom stereocenters. The molecule has 33 heavy (non-hydrogen) atoms. The van der Waals surface area contributed by atoms with E-state index in [4.69, 9.17) is 13.9 Å². The maximum absolute atomic E-state index is 12.3. The van der Waals surface area contributed by atoms with Gasteiger partial charge >= 0.3 is 11.9 Å². The van der Waals surface area contributed by atoms with Crippen molar-refractivity contribution in [3.8, 4) is 11.5 Å². The van der Waals surface area contributed by atoms with Crippen molar-refractivity contribution >= 4 is 39.9 Å². The Morgan fingerprint density at radius 1 is 1.15 bits per heavy atom. The van der Waals surface area contributed by atoms with Crippen LogP contribution < -0.4 is 14.9 Å². The van der Waals surface area contributed by atoms with E-state index in [2.05, 4.69) is 26.5 Å². The number of ether oxygens (including phenoxy) is 2. The molecule has 10 nitrogen and oxygen atoms in total. The first-order valence-corrected chi connectivity index (χ1v) is 10.3. The fraction of sp³-hybridized carbons (Fsp3) is 0.136. The number of nitrogens with zero attached hydrogens (tertiary/aromatic N) is 2. The van der Waals surface area contributed by atoms with Crippen LogP contribution in [0.5, 0.6) is 11.5 Å². The van der Waals surface area contributed by atoms with Gasteiger partial charge in [0.2, 0.25) is 5.76 Å². The SMILES string of the molecule is Cc1ccc(OCC(=O)NN=Cc2cc(Br)ccc2OC(=O)c2ccc([N+](=O)[O-])o2)cc1C. The number of amides is 1. The van der Waals surface area contributed by atoms with Crippen LogP contribution >= 0.6 is 15.9 Å². The number of furan rings is 1. The predicted molar refractivity (Wildman–Crippen MR) is 122 cm³/mol. The van der Waals surface area contributed by atoms with Crippen molar-refractivity contribution in [3.05, 3.63) is 85.6 Å². The molecule has 1 heterocycles. The number of hydrazone groups is 1. The molecule has 2 aromatic carbocycles. The lowest BCUT2D eigenvalue weighted by atomic mass is 10.1. The number of aryl methyl sites for hydroxylation is 2. The van der Waals surface area contributed by atoms with Crippen LogP contribution in [0.2, 0.25) is 0 Å². The lowest BCUT2D eigenvalue weighted by Gasteiger charge is -2.08. The number of benzene rings is 2. The summed E-state index contributed by atoms with van der Waals surface area (Å²) in [5, 5.41) is 14.6. The Morgan fingerprint density at radius 2 is 1.94 bits per heavy atom. The summed E-state index contributed by atoms with van der Waals surface area (Å²) in [4.78, 5) is 34.2. The van der Waals surface area contributed by atoms with E-state index in [1.807, 2.05) is 26.0 Å². The molecule has 170 valence electrons. The molecular weight excluding hydrogens is 498 g/mol. The highest BCUT2D eigenvalue weighted by Gasteiger charge is 2.20. The number of carbonyl (C=O) groups is 2. The van der Waals surface area contributed by atoms with Crippen LogP contribution in [-0.4, -0.2) is 29.6 Å². The molecule has 1 amide bonds. The molecule has 3 rings (SSSR count). The van der Waals surface area contributed by atoms with Crippen molar-refractivity contribution in [2.75, 3.05) is 6.61 Å². The number of carbonyl (C=O) groups excluding carboxylic acids is 2. The third-order valence-electron chi connectivity index (χ3n) is 4.39. The van der Waals surface area contributed by atoms with Crippen LogP contribution in [0.15, 0.2) is 62.5 Å². The number of hydrogen-bond donors (Lipinski definition) is 1. The Morgan fingerprint density at radius 3 is 2.64 bits per heavy atom. The molecule has 0 spiro atoms. The fourth-order valence-corrected chi connectivity index (χ4v) is 2.94. The molecule has 1 aromatic heterocycles. The van der Waals surface area contributed by atoms with Crippen molar-refractivity contribution in [2.24, 2.45) is 5.10 Å². The average Bonchev–Trinajstić information content (AvgIpc) is 3.27. The summed E-state index contributed by atoms with van der Waals surface area (Å²) < 4.78 is 16.2. The summed E-state index contributed by atoms with van der Waals surface area (Å²) in [6, 6.07) is 12.4. The first-order chi connectivity index (χ1) is 15.7. The minimum atomic E-state index is -0.925. The maximum Gasteiger partial charge on any atom is 0.433 e. The molecule has 0 aliphatic rings. The number of halogens is 1. The second kappa shape index (κ2) is 10.6. The second-order valence-corrected chi connectivity index (χ2v) is 7.71. The Bertz CT molecular complexity index is 1240. The topological polar surface area (TPSA) is 133 Å². The highest BCUT2D eigenvalue weighted by atomic mass is 79.9. The summed E-state index contributed by atoms with van der Waals surface area (Å²) in [6.45, 7) is 3.69. The molecular formula is C22H18BrN3O7. The molecule has 0 saturated carbocycles. The normalized spacial score (nSPS) is 10.8. The van der Waals surface area contributed by atoms with Crippen LogP contribution in [0.3, 0.4) is 0 Å². The molecule has 0 aliphatic carbocycles.